The van der Waals surface area contributed by atoms with E-state index < -0.39 is 0 Å². The second-order valence-corrected chi connectivity index (χ2v) is 5.79. The number of hydrogen-bond donors (Lipinski definition) is 1. The van der Waals surface area contributed by atoms with Crippen LogP contribution in [0.3, 0.4) is 0 Å². The highest BCUT2D eigenvalue weighted by atomic mass is 35.5. The molecule has 110 valence electrons. The maximum absolute atomic E-state index is 6.42. The molecule has 19 heavy (non-hydrogen) atoms. The Morgan fingerprint density at radius 3 is 2.47 bits per heavy atom. The van der Waals surface area contributed by atoms with E-state index in [1.54, 1.807) is 0 Å². The van der Waals surface area contributed by atoms with Crippen LogP contribution in [0.1, 0.15) is 51.9 Å². The molecule has 4 heteroatoms. The van der Waals surface area contributed by atoms with Crippen LogP contribution in [0.25, 0.3) is 0 Å². The molecule has 3 nitrogen and oxygen atoms in total. The van der Waals surface area contributed by atoms with Crippen LogP contribution in [0.2, 0.25) is 5.02 Å². The van der Waals surface area contributed by atoms with Gasteiger partial charge in [0.05, 0.1) is 16.4 Å². The van der Waals surface area contributed by atoms with Crippen LogP contribution in [-0.4, -0.2) is 22.9 Å². The maximum Gasteiger partial charge on any atom is 0.0849 e. The zero-order valence-electron chi connectivity index (χ0n) is 13.0. The summed E-state index contributed by atoms with van der Waals surface area (Å²) in [5.41, 5.74) is 2.24. The molecule has 1 aromatic heterocycles. The van der Waals surface area contributed by atoms with Crippen molar-refractivity contribution in [2.24, 2.45) is 5.92 Å². The first-order valence-corrected chi connectivity index (χ1v) is 7.84. The second-order valence-electron chi connectivity index (χ2n) is 5.41. The average molecular weight is 286 g/mol. The molecular formula is C15H28ClN3. The van der Waals surface area contributed by atoms with Crippen LogP contribution < -0.4 is 5.32 Å². The molecule has 0 saturated carbocycles. The van der Waals surface area contributed by atoms with Gasteiger partial charge in [-0.05, 0) is 45.6 Å². The van der Waals surface area contributed by atoms with Gasteiger partial charge < -0.3 is 5.32 Å². The van der Waals surface area contributed by atoms with Crippen molar-refractivity contribution in [1.82, 2.24) is 15.1 Å². The Balaban J connectivity index is 2.64. The minimum atomic E-state index is 0.586. The monoisotopic (exact) mass is 285 g/mol. The predicted octanol–water partition coefficient (Wildman–Crippen LogP) is 3.69. The van der Waals surface area contributed by atoms with Crippen LogP contribution >= 0.6 is 11.6 Å². The van der Waals surface area contributed by atoms with Crippen molar-refractivity contribution in [3.05, 3.63) is 16.4 Å². The molecule has 0 bridgehead atoms. The molecule has 0 aromatic carbocycles. The van der Waals surface area contributed by atoms with Gasteiger partial charge >= 0.3 is 0 Å². The zero-order chi connectivity index (χ0) is 14.4. The third-order valence-electron chi connectivity index (χ3n) is 3.80. The van der Waals surface area contributed by atoms with E-state index in [1.165, 1.54) is 12.1 Å². The minimum Gasteiger partial charge on any atom is -0.317 e. The van der Waals surface area contributed by atoms with Crippen molar-refractivity contribution < 1.29 is 0 Å². The van der Waals surface area contributed by atoms with E-state index in [-0.39, 0.29) is 0 Å². The van der Waals surface area contributed by atoms with Gasteiger partial charge in [-0.2, -0.15) is 5.10 Å². The SMILES string of the molecule is CCc1nn(CC)c(CCCC(NC)C(C)C)c1Cl. The quantitative estimate of drug-likeness (QED) is 0.789. The van der Waals surface area contributed by atoms with E-state index in [4.69, 9.17) is 11.6 Å². The summed E-state index contributed by atoms with van der Waals surface area (Å²) in [6.45, 7) is 9.65. The Bertz CT molecular complexity index is 385. The van der Waals surface area contributed by atoms with Gasteiger partial charge in [0.25, 0.3) is 0 Å². The van der Waals surface area contributed by atoms with Gasteiger partial charge in [0, 0.05) is 12.6 Å². The third-order valence-corrected chi connectivity index (χ3v) is 4.23. The Morgan fingerprint density at radius 2 is 2.00 bits per heavy atom. The lowest BCUT2D eigenvalue weighted by atomic mass is 9.98. The van der Waals surface area contributed by atoms with Gasteiger partial charge in [0.1, 0.15) is 0 Å². The van der Waals surface area contributed by atoms with Gasteiger partial charge in [0.15, 0.2) is 0 Å². The molecule has 1 rings (SSSR count). The van der Waals surface area contributed by atoms with Gasteiger partial charge in [-0.15, -0.1) is 0 Å². The molecule has 0 radical (unpaired) electrons. The van der Waals surface area contributed by atoms with E-state index in [1.807, 2.05) is 7.05 Å². The number of hydrogen-bond acceptors (Lipinski definition) is 2. The average Bonchev–Trinajstić information content (AvgIpc) is 2.70. The first-order valence-electron chi connectivity index (χ1n) is 7.46. The van der Waals surface area contributed by atoms with E-state index in [0.29, 0.717) is 12.0 Å². The highest BCUT2D eigenvalue weighted by Crippen LogP contribution is 2.23. The Morgan fingerprint density at radius 1 is 1.32 bits per heavy atom. The van der Waals surface area contributed by atoms with Crippen molar-refractivity contribution in [2.75, 3.05) is 7.05 Å². The smallest absolute Gasteiger partial charge is 0.0849 e. The summed E-state index contributed by atoms with van der Waals surface area (Å²) in [5, 5.41) is 8.84. The maximum atomic E-state index is 6.42. The Labute approximate surface area is 122 Å². The van der Waals surface area contributed by atoms with Crippen LogP contribution in [-0.2, 0) is 19.4 Å². The van der Waals surface area contributed by atoms with E-state index in [2.05, 4.69) is 42.8 Å². The first kappa shape index (κ1) is 16.5. The number of aromatic nitrogens is 2. The summed E-state index contributed by atoms with van der Waals surface area (Å²) in [5.74, 6) is 0.669. The van der Waals surface area contributed by atoms with Gasteiger partial charge in [-0.3, -0.25) is 4.68 Å². The molecule has 1 atom stereocenters. The largest absolute Gasteiger partial charge is 0.317 e. The topological polar surface area (TPSA) is 29.9 Å². The lowest BCUT2D eigenvalue weighted by Gasteiger charge is -2.20. The molecule has 1 heterocycles. The normalized spacial score (nSPS) is 13.2. The number of nitrogens with zero attached hydrogens (tertiary/aromatic N) is 2. The summed E-state index contributed by atoms with van der Waals surface area (Å²) in [4.78, 5) is 0. The molecular weight excluding hydrogens is 258 g/mol. The number of halogens is 1. The van der Waals surface area contributed by atoms with Crippen molar-refractivity contribution in [3.8, 4) is 0 Å². The fourth-order valence-corrected chi connectivity index (χ4v) is 2.92. The molecule has 1 N–H and O–H groups in total. The van der Waals surface area contributed by atoms with Gasteiger partial charge in [-0.1, -0.05) is 32.4 Å². The van der Waals surface area contributed by atoms with Gasteiger partial charge in [0.2, 0.25) is 0 Å². The molecule has 0 aliphatic heterocycles. The van der Waals surface area contributed by atoms with Crippen molar-refractivity contribution in [1.29, 1.82) is 0 Å². The molecule has 0 saturated heterocycles. The summed E-state index contributed by atoms with van der Waals surface area (Å²) < 4.78 is 2.06. The molecule has 0 aliphatic carbocycles. The van der Waals surface area contributed by atoms with E-state index in [9.17, 15) is 0 Å². The second kappa shape index (κ2) is 7.91. The van der Waals surface area contributed by atoms with E-state index in [0.717, 1.165) is 36.5 Å². The van der Waals surface area contributed by atoms with Crippen LogP contribution in [0.15, 0.2) is 0 Å². The van der Waals surface area contributed by atoms with Crippen molar-refractivity contribution >= 4 is 11.6 Å². The number of aryl methyl sites for hydroxylation is 2. The summed E-state index contributed by atoms with van der Waals surface area (Å²) in [6, 6.07) is 0.586. The first-order chi connectivity index (χ1) is 9.04. The Kier molecular flexibility index (Phi) is 6.87. The minimum absolute atomic E-state index is 0.586. The lowest BCUT2D eigenvalue weighted by Crippen LogP contribution is -2.30. The molecule has 0 aliphatic rings. The van der Waals surface area contributed by atoms with Crippen LogP contribution in [0.4, 0.5) is 0 Å². The van der Waals surface area contributed by atoms with E-state index >= 15 is 0 Å². The zero-order valence-corrected chi connectivity index (χ0v) is 13.7. The molecule has 0 amide bonds. The molecule has 0 fully saturated rings. The fraction of sp³-hybridized carbons (Fsp3) is 0.800. The van der Waals surface area contributed by atoms with Crippen LogP contribution in [0, 0.1) is 5.92 Å². The number of nitrogens with one attached hydrogen (secondary N) is 1. The highest BCUT2D eigenvalue weighted by molar-refractivity contribution is 6.31. The van der Waals surface area contributed by atoms with Crippen LogP contribution in [0.5, 0.6) is 0 Å². The Hall–Kier alpha value is -0.540. The predicted molar refractivity (Wildman–Crippen MR) is 82.9 cm³/mol. The summed E-state index contributed by atoms with van der Waals surface area (Å²) >= 11 is 6.42. The molecule has 0 spiro atoms. The van der Waals surface area contributed by atoms with Gasteiger partial charge in [-0.25, -0.2) is 0 Å². The molecule has 1 aromatic rings. The van der Waals surface area contributed by atoms with Crippen molar-refractivity contribution in [2.45, 2.75) is 66.0 Å². The molecule has 1 unspecified atom stereocenters. The lowest BCUT2D eigenvalue weighted by molar-refractivity contribution is 0.391. The number of rotatable bonds is 8. The summed E-state index contributed by atoms with van der Waals surface area (Å²) in [6.07, 6.45) is 4.26. The third kappa shape index (κ3) is 4.22. The van der Waals surface area contributed by atoms with Crippen molar-refractivity contribution in [3.63, 3.8) is 0 Å². The highest BCUT2D eigenvalue weighted by Gasteiger charge is 2.15. The summed E-state index contributed by atoms with van der Waals surface area (Å²) in [7, 11) is 2.04. The fourth-order valence-electron chi connectivity index (χ4n) is 2.56. The standard InChI is InChI=1S/C15H28ClN3/c1-6-12-15(16)14(19(7-2)18-12)10-8-9-13(17-5)11(3)4/h11,13,17H,6-10H2,1-5H3.